The molecule has 2 aromatic carbocycles. The van der Waals surface area contributed by atoms with Crippen molar-refractivity contribution in [3.8, 4) is 5.75 Å². The minimum atomic E-state index is -1.19. The Morgan fingerprint density at radius 2 is 1.84 bits per heavy atom. The van der Waals surface area contributed by atoms with Crippen molar-refractivity contribution in [2.45, 2.75) is 26.1 Å². The molecule has 0 saturated heterocycles. The number of amides is 1. The number of aromatic hydroxyl groups is 1. The van der Waals surface area contributed by atoms with Crippen molar-refractivity contribution in [3.63, 3.8) is 0 Å². The van der Waals surface area contributed by atoms with Crippen LogP contribution in [-0.4, -0.2) is 40.8 Å². The number of phenols is 1. The number of phenolic OH excluding ortho intramolecular Hbond substituents is 1. The Labute approximate surface area is 193 Å². The van der Waals surface area contributed by atoms with E-state index < -0.39 is 24.3 Å². The molecular formula is C22H22INO7. The van der Waals surface area contributed by atoms with Crippen LogP contribution in [0.4, 0.5) is 10.5 Å². The first kappa shape index (κ1) is 24.4. The number of hydrogen-bond donors (Lipinski definition) is 3. The normalized spacial score (nSPS) is 12.9. The Kier molecular flexibility index (Phi) is 9.01. The van der Waals surface area contributed by atoms with E-state index in [0.717, 1.165) is 9.65 Å². The summed E-state index contributed by atoms with van der Waals surface area (Å²) in [6, 6.07) is 11.0. The smallest absolute Gasteiger partial charge is 0.412 e. The van der Waals surface area contributed by atoms with E-state index in [4.69, 9.17) is 14.6 Å². The number of ether oxygens (including phenoxy) is 2. The van der Waals surface area contributed by atoms with Crippen LogP contribution in [0.25, 0.3) is 0 Å². The van der Waals surface area contributed by atoms with Crippen molar-refractivity contribution < 1.29 is 34.1 Å². The molecule has 2 rings (SSSR count). The lowest BCUT2D eigenvalue weighted by molar-refractivity contribution is -0.131. The third kappa shape index (κ3) is 7.37. The van der Waals surface area contributed by atoms with Gasteiger partial charge in [-0.2, -0.15) is 0 Å². The van der Waals surface area contributed by atoms with Gasteiger partial charge < -0.3 is 19.7 Å². The van der Waals surface area contributed by atoms with E-state index in [0.29, 0.717) is 11.3 Å². The molecule has 0 radical (unpaired) electrons. The monoisotopic (exact) mass is 539 g/mol. The number of ketones is 1. The number of benzene rings is 2. The first-order valence-electron chi connectivity index (χ1n) is 9.31. The molecule has 0 fully saturated rings. The predicted molar refractivity (Wildman–Crippen MR) is 122 cm³/mol. The number of rotatable bonds is 9. The molecule has 31 heavy (non-hydrogen) atoms. The second-order valence-electron chi connectivity index (χ2n) is 6.40. The van der Waals surface area contributed by atoms with Crippen molar-refractivity contribution in [3.05, 3.63) is 69.3 Å². The summed E-state index contributed by atoms with van der Waals surface area (Å²) in [5.74, 6) is -1.42. The van der Waals surface area contributed by atoms with E-state index in [1.807, 2.05) is 22.6 Å². The number of halogens is 1. The van der Waals surface area contributed by atoms with Crippen LogP contribution in [0.15, 0.2) is 54.6 Å². The molecule has 0 bridgehead atoms. The number of carbonyl (C=O) groups is 3. The number of aliphatic carboxylic acids is 1. The van der Waals surface area contributed by atoms with Gasteiger partial charge in [0, 0.05) is 33.1 Å². The molecule has 2 aromatic rings. The van der Waals surface area contributed by atoms with Crippen LogP contribution >= 0.6 is 22.6 Å². The second-order valence-corrected chi connectivity index (χ2v) is 7.65. The maximum absolute atomic E-state index is 12.6. The highest BCUT2D eigenvalue weighted by molar-refractivity contribution is 14.1. The number of carboxylic acid groups (broad SMARTS) is 1. The molecule has 0 aromatic heterocycles. The Morgan fingerprint density at radius 3 is 2.42 bits per heavy atom. The molecule has 0 spiro atoms. The van der Waals surface area contributed by atoms with Crippen LogP contribution in [-0.2, 0) is 14.3 Å². The number of carboxylic acids is 1. The molecule has 0 heterocycles. The number of anilines is 1. The van der Waals surface area contributed by atoms with Crippen LogP contribution < -0.4 is 5.32 Å². The Morgan fingerprint density at radius 1 is 1.16 bits per heavy atom. The van der Waals surface area contributed by atoms with Crippen molar-refractivity contribution in [2.75, 3.05) is 11.9 Å². The van der Waals surface area contributed by atoms with E-state index in [9.17, 15) is 19.5 Å². The van der Waals surface area contributed by atoms with E-state index in [-0.39, 0.29) is 23.7 Å². The summed E-state index contributed by atoms with van der Waals surface area (Å²) in [7, 11) is 0. The van der Waals surface area contributed by atoms with Crippen LogP contribution in [0, 0.1) is 3.57 Å². The first-order chi connectivity index (χ1) is 14.7. The average Bonchev–Trinajstić information content (AvgIpc) is 2.71. The molecule has 0 unspecified atom stereocenters. The molecule has 0 aliphatic carbocycles. The van der Waals surface area contributed by atoms with Gasteiger partial charge in [-0.05, 0) is 85.0 Å². The van der Waals surface area contributed by atoms with Crippen LogP contribution in [0.1, 0.15) is 35.9 Å². The summed E-state index contributed by atoms with van der Waals surface area (Å²) >= 11 is 2.05. The van der Waals surface area contributed by atoms with Crippen molar-refractivity contribution >= 4 is 46.1 Å². The molecule has 9 heteroatoms. The number of nitrogens with one attached hydrogen (secondary N) is 1. The highest BCUT2D eigenvalue weighted by Crippen LogP contribution is 2.33. The Hall–Kier alpha value is -2.92. The van der Waals surface area contributed by atoms with Crippen molar-refractivity contribution in [1.82, 2.24) is 0 Å². The molecule has 1 amide bonds. The van der Waals surface area contributed by atoms with E-state index in [2.05, 4.69) is 5.32 Å². The Bertz CT molecular complexity index is 972. The van der Waals surface area contributed by atoms with Gasteiger partial charge in [-0.3, -0.25) is 10.1 Å². The van der Waals surface area contributed by atoms with Gasteiger partial charge in [0.2, 0.25) is 0 Å². The van der Waals surface area contributed by atoms with E-state index >= 15 is 0 Å². The van der Waals surface area contributed by atoms with Crippen LogP contribution in [0.2, 0.25) is 0 Å². The highest BCUT2D eigenvalue weighted by atomic mass is 127. The van der Waals surface area contributed by atoms with Crippen molar-refractivity contribution in [1.29, 1.82) is 0 Å². The zero-order valence-electron chi connectivity index (χ0n) is 16.9. The van der Waals surface area contributed by atoms with Gasteiger partial charge in [0.1, 0.15) is 11.9 Å². The fraction of sp³-hybridized carbons (Fsp3) is 0.227. The van der Waals surface area contributed by atoms with Gasteiger partial charge in [-0.15, -0.1) is 0 Å². The van der Waals surface area contributed by atoms with Crippen LogP contribution in [0.5, 0.6) is 5.75 Å². The molecule has 0 aliphatic heterocycles. The molecule has 2 atom stereocenters. The van der Waals surface area contributed by atoms with Crippen molar-refractivity contribution in [2.24, 2.45) is 0 Å². The summed E-state index contributed by atoms with van der Waals surface area (Å²) < 4.78 is 11.9. The zero-order chi connectivity index (χ0) is 23.0. The first-order valence-corrected chi connectivity index (χ1v) is 10.4. The quantitative estimate of drug-likeness (QED) is 0.243. The van der Waals surface area contributed by atoms with Gasteiger partial charge in [-0.25, -0.2) is 9.59 Å². The van der Waals surface area contributed by atoms with Gasteiger partial charge in [0.15, 0.2) is 11.9 Å². The lowest BCUT2D eigenvalue weighted by atomic mass is 10.0. The Balaban J connectivity index is 2.32. The highest BCUT2D eigenvalue weighted by Gasteiger charge is 2.29. The summed E-state index contributed by atoms with van der Waals surface area (Å²) in [6.07, 6.45) is -0.782. The summed E-state index contributed by atoms with van der Waals surface area (Å²) in [4.78, 5) is 35.0. The molecule has 0 aliphatic rings. The fourth-order valence-electron chi connectivity index (χ4n) is 2.73. The summed E-state index contributed by atoms with van der Waals surface area (Å²) in [5, 5.41) is 21.9. The maximum Gasteiger partial charge on any atom is 0.412 e. The third-order valence-corrected chi connectivity index (χ3v) is 4.82. The lowest BCUT2D eigenvalue weighted by Crippen LogP contribution is -2.28. The average molecular weight is 539 g/mol. The largest absolute Gasteiger partial charge is 0.508 e. The van der Waals surface area contributed by atoms with E-state index in [1.54, 1.807) is 43.3 Å². The second kappa shape index (κ2) is 11.5. The fourth-order valence-corrected chi connectivity index (χ4v) is 3.24. The minimum absolute atomic E-state index is 0.104. The summed E-state index contributed by atoms with van der Waals surface area (Å²) in [5.41, 5.74) is 1.16. The standard InChI is InChI=1S/C22H22INO7/c1-3-30-19(10-11-20(27)28)21(17-12-15(23)6-9-18(17)26)31-22(29)24-16-7-4-14(5-8-16)13(2)25/h4-12,19,21,26H,3H2,1-2H3,(H,24,29)(H,27,28)/b11-10+/t19-,21-/m1/s1. The molecular weight excluding hydrogens is 517 g/mol. The number of hydrogen-bond acceptors (Lipinski definition) is 6. The lowest BCUT2D eigenvalue weighted by Gasteiger charge is -2.26. The molecule has 0 saturated carbocycles. The van der Waals surface area contributed by atoms with Crippen LogP contribution in [0.3, 0.4) is 0 Å². The van der Waals surface area contributed by atoms with E-state index in [1.165, 1.54) is 19.1 Å². The zero-order valence-corrected chi connectivity index (χ0v) is 19.0. The minimum Gasteiger partial charge on any atom is -0.508 e. The SMILES string of the molecule is CCO[C@H](/C=C/C(=O)O)[C@H](OC(=O)Nc1ccc(C(C)=O)cc1)c1cc(I)ccc1O. The predicted octanol–water partition coefficient (Wildman–Crippen LogP) is 4.54. The summed E-state index contributed by atoms with van der Waals surface area (Å²) in [6.45, 7) is 3.37. The maximum atomic E-state index is 12.6. The van der Waals surface area contributed by atoms with Gasteiger partial charge in [0.05, 0.1) is 0 Å². The van der Waals surface area contributed by atoms with Gasteiger partial charge in [0.25, 0.3) is 0 Å². The molecule has 164 valence electrons. The topological polar surface area (TPSA) is 122 Å². The molecule has 8 nitrogen and oxygen atoms in total. The molecule has 3 N–H and O–H groups in total. The van der Waals surface area contributed by atoms with Gasteiger partial charge >= 0.3 is 12.1 Å². The van der Waals surface area contributed by atoms with Gasteiger partial charge in [-0.1, -0.05) is 0 Å². The third-order valence-electron chi connectivity index (χ3n) is 4.15. The number of Topliss-reactive ketones (excluding diaryl/α,β-unsaturated/α-hetero) is 1. The number of carbonyl (C=O) groups excluding carboxylic acids is 2.